The standard InChI is InChI=1S/C11H22N2O5S/c1-13(9-6-4-3-5-7-9)19(16,17)12-10(8-18-2)11(14)15/h9-10,12H,3-8H2,1-2H3,(H,14,15). The molecule has 1 atom stereocenters. The number of ether oxygens (including phenoxy) is 1. The fourth-order valence-electron chi connectivity index (χ4n) is 2.23. The molecule has 7 nitrogen and oxygen atoms in total. The molecule has 2 N–H and O–H groups in total. The van der Waals surface area contributed by atoms with Crippen LogP contribution in [0.15, 0.2) is 0 Å². The third kappa shape index (κ3) is 4.72. The Hall–Kier alpha value is -0.700. The number of rotatable bonds is 7. The quantitative estimate of drug-likeness (QED) is 0.698. The minimum absolute atomic E-state index is 0.0526. The van der Waals surface area contributed by atoms with Gasteiger partial charge < -0.3 is 9.84 Å². The Kier molecular flexibility index (Phi) is 6.18. The molecule has 19 heavy (non-hydrogen) atoms. The van der Waals surface area contributed by atoms with Crippen LogP contribution in [0.25, 0.3) is 0 Å². The van der Waals surface area contributed by atoms with E-state index in [1.165, 1.54) is 18.5 Å². The predicted octanol–water partition coefficient (Wildman–Crippen LogP) is 0.185. The Balaban J connectivity index is 2.69. The normalized spacial score (nSPS) is 19.5. The van der Waals surface area contributed by atoms with E-state index in [1.54, 1.807) is 0 Å². The maximum absolute atomic E-state index is 12.1. The van der Waals surface area contributed by atoms with E-state index >= 15 is 0 Å². The molecule has 0 aromatic carbocycles. The molecule has 0 bridgehead atoms. The molecule has 0 amide bonds. The van der Waals surface area contributed by atoms with Gasteiger partial charge in [0.2, 0.25) is 0 Å². The lowest BCUT2D eigenvalue weighted by molar-refractivity contribution is -0.140. The van der Waals surface area contributed by atoms with Crippen molar-refractivity contribution < 1.29 is 23.1 Å². The SMILES string of the molecule is COCC(NS(=O)(=O)N(C)C1CCCCC1)C(=O)O. The van der Waals surface area contributed by atoms with Crippen LogP contribution >= 0.6 is 0 Å². The summed E-state index contributed by atoms with van der Waals surface area (Å²) >= 11 is 0. The Morgan fingerprint density at radius 3 is 2.47 bits per heavy atom. The number of nitrogens with one attached hydrogen (secondary N) is 1. The smallest absolute Gasteiger partial charge is 0.324 e. The number of carboxylic acid groups (broad SMARTS) is 1. The van der Waals surface area contributed by atoms with Crippen LogP contribution in [0.1, 0.15) is 32.1 Å². The molecular formula is C11H22N2O5S. The van der Waals surface area contributed by atoms with Crippen molar-refractivity contribution in [2.24, 2.45) is 0 Å². The Morgan fingerprint density at radius 2 is 2.00 bits per heavy atom. The molecule has 1 unspecified atom stereocenters. The van der Waals surface area contributed by atoms with Crippen molar-refractivity contribution in [1.82, 2.24) is 9.03 Å². The highest BCUT2D eigenvalue weighted by atomic mass is 32.2. The van der Waals surface area contributed by atoms with Crippen LogP contribution in [0.2, 0.25) is 0 Å². The van der Waals surface area contributed by atoms with Gasteiger partial charge >= 0.3 is 5.97 Å². The minimum Gasteiger partial charge on any atom is -0.480 e. The summed E-state index contributed by atoms with van der Waals surface area (Å²) < 4.78 is 32.4. The van der Waals surface area contributed by atoms with Gasteiger partial charge in [-0.3, -0.25) is 4.79 Å². The number of hydrogen-bond acceptors (Lipinski definition) is 4. The molecule has 8 heteroatoms. The van der Waals surface area contributed by atoms with E-state index in [0.29, 0.717) is 0 Å². The molecule has 1 fully saturated rings. The zero-order valence-electron chi connectivity index (χ0n) is 11.3. The monoisotopic (exact) mass is 294 g/mol. The molecule has 1 saturated carbocycles. The summed E-state index contributed by atoms with van der Waals surface area (Å²) in [6.07, 6.45) is 4.77. The summed E-state index contributed by atoms with van der Waals surface area (Å²) in [5.41, 5.74) is 0. The molecule has 0 aliphatic heterocycles. The van der Waals surface area contributed by atoms with Crippen LogP contribution in [0.4, 0.5) is 0 Å². The highest BCUT2D eigenvalue weighted by molar-refractivity contribution is 7.87. The predicted molar refractivity (Wildman–Crippen MR) is 70.0 cm³/mol. The van der Waals surface area contributed by atoms with Gasteiger partial charge in [-0.2, -0.15) is 17.4 Å². The number of carboxylic acids is 1. The zero-order valence-corrected chi connectivity index (χ0v) is 12.1. The van der Waals surface area contributed by atoms with E-state index in [2.05, 4.69) is 4.72 Å². The van der Waals surface area contributed by atoms with Crippen LogP contribution in [0.3, 0.4) is 0 Å². The summed E-state index contributed by atoms with van der Waals surface area (Å²) in [6, 6.07) is -1.32. The van der Waals surface area contributed by atoms with Gasteiger partial charge in [0.1, 0.15) is 6.04 Å². The molecule has 1 aliphatic rings. The first-order chi connectivity index (χ1) is 8.88. The fourth-order valence-corrected chi connectivity index (χ4v) is 3.52. The van der Waals surface area contributed by atoms with Crippen molar-refractivity contribution in [3.8, 4) is 0 Å². The molecule has 112 valence electrons. The minimum atomic E-state index is -3.80. The first-order valence-electron chi connectivity index (χ1n) is 6.35. The first kappa shape index (κ1) is 16.4. The lowest BCUT2D eigenvalue weighted by Crippen LogP contribution is -2.51. The van der Waals surface area contributed by atoms with Crippen molar-refractivity contribution in [3.63, 3.8) is 0 Å². The second kappa shape index (κ2) is 7.18. The number of carbonyl (C=O) groups is 1. The third-order valence-corrected chi connectivity index (χ3v) is 5.03. The molecule has 1 aliphatic carbocycles. The molecule has 0 radical (unpaired) electrons. The van der Waals surface area contributed by atoms with Gasteiger partial charge in [0, 0.05) is 20.2 Å². The lowest BCUT2D eigenvalue weighted by Gasteiger charge is -2.31. The van der Waals surface area contributed by atoms with Crippen molar-refractivity contribution in [3.05, 3.63) is 0 Å². The lowest BCUT2D eigenvalue weighted by atomic mass is 9.96. The molecule has 1 rings (SSSR count). The number of nitrogens with zero attached hydrogens (tertiary/aromatic N) is 1. The second-order valence-electron chi connectivity index (χ2n) is 4.78. The average molecular weight is 294 g/mol. The maximum Gasteiger partial charge on any atom is 0.324 e. The summed E-state index contributed by atoms with van der Waals surface area (Å²) in [7, 11) is -0.985. The van der Waals surface area contributed by atoms with Gasteiger partial charge in [-0.05, 0) is 12.8 Å². The molecule has 0 aromatic heterocycles. The second-order valence-corrected chi connectivity index (χ2v) is 6.54. The van der Waals surface area contributed by atoms with Crippen LogP contribution in [0, 0.1) is 0 Å². The van der Waals surface area contributed by atoms with Crippen LogP contribution in [0.5, 0.6) is 0 Å². The molecule has 0 spiro atoms. The Bertz CT molecular complexity index is 392. The topological polar surface area (TPSA) is 95.9 Å². The molecule has 0 heterocycles. The first-order valence-corrected chi connectivity index (χ1v) is 7.79. The van der Waals surface area contributed by atoms with Gasteiger partial charge in [-0.1, -0.05) is 19.3 Å². The third-order valence-electron chi connectivity index (χ3n) is 3.39. The van der Waals surface area contributed by atoms with E-state index in [4.69, 9.17) is 9.84 Å². The summed E-state index contributed by atoms with van der Waals surface area (Å²) in [4.78, 5) is 10.9. The molecule has 0 aromatic rings. The van der Waals surface area contributed by atoms with E-state index < -0.39 is 22.2 Å². The van der Waals surface area contributed by atoms with Crippen LogP contribution in [-0.2, 0) is 19.7 Å². The number of hydrogen-bond donors (Lipinski definition) is 2. The zero-order chi connectivity index (χ0) is 14.5. The van der Waals surface area contributed by atoms with Gasteiger partial charge in [0.25, 0.3) is 10.2 Å². The van der Waals surface area contributed by atoms with Crippen molar-refractivity contribution in [1.29, 1.82) is 0 Å². The van der Waals surface area contributed by atoms with E-state index in [0.717, 1.165) is 32.1 Å². The van der Waals surface area contributed by atoms with Crippen molar-refractivity contribution >= 4 is 16.2 Å². The fraction of sp³-hybridized carbons (Fsp3) is 0.909. The van der Waals surface area contributed by atoms with Gasteiger partial charge in [0.05, 0.1) is 6.61 Å². The average Bonchev–Trinajstić information content (AvgIpc) is 2.38. The number of methoxy groups -OCH3 is 1. The summed E-state index contributed by atoms with van der Waals surface area (Å²) in [6.45, 7) is -0.201. The van der Waals surface area contributed by atoms with Crippen molar-refractivity contribution in [2.45, 2.75) is 44.2 Å². The van der Waals surface area contributed by atoms with Gasteiger partial charge in [0.15, 0.2) is 0 Å². The Labute approximate surface area is 114 Å². The van der Waals surface area contributed by atoms with E-state index in [9.17, 15) is 13.2 Å². The number of aliphatic carboxylic acids is 1. The van der Waals surface area contributed by atoms with Gasteiger partial charge in [-0.15, -0.1) is 0 Å². The molecule has 0 saturated heterocycles. The Morgan fingerprint density at radius 1 is 1.42 bits per heavy atom. The summed E-state index contributed by atoms with van der Waals surface area (Å²) in [5.74, 6) is -1.25. The maximum atomic E-state index is 12.1. The van der Waals surface area contributed by atoms with Crippen LogP contribution < -0.4 is 4.72 Å². The van der Waals surface area contributed by atoms with E-state index in [1.807, 2.05) is 0 Å². The molecular weight excluding hydrogens is 272 g/mol. The van der Waals surface area contributed by atoms with Crippen LogP contribution in [-0.4, -0.2) is 56.6 Å². The van der Waals surface area contributed by atoms with Gasteiger partial charge in [-0.25, -0.2) is 0 Å². The van der Waals surface area contributed by atoms with Crippen molar-refractivity contribution in [2.75, 3.05) is 20.8 Å². The van der Waals surface area contributed by atoms with E-state index in [-0.39, 0.29) is 12.6 Å². The largest absolute Gasteiger partial charge is 0.480 e. The highest BCUT2D eigenvalue weighted by Crippen LogP contribution is 2.23. The summed E-state index contributed by atoms with van der Waals surface area (Å²) in [5, 5.41) is 8.93. The highest BCUT2D eigenvalue weighted by Gasteiger charge is 2.31.